The lowest BCUT2D eigenvalue weighted by Crippen LogP contribution is -2.44. The van der Waals surface area contributed by atoms with E-state index in [1.165, 1.54) is 17.4 Å². The topological polar surface area (TPSA) is 92.2 Å². The number of amides is 1. The predicted molar refractivity (Wildman–Crippen MR) is 154 cm³/mol. The molecule has 2 atom stereocenters. The molecule has 2 aromatic carbocycles. The molecule has 5 rings (SSSR count). The Morgan fingerprint density at radius 1 is 1.05 bits per heavy atom. The lowest BCUT2D eigenvalue weighted by atomic mass is 9.75. The number of benzene rings is 2. The number of nitrogens with one attached hydrogen (secondary N) is 1. The first kappa shape index (κ1) is 26.8. The Kier molecular flexibility index (Phi) is 7.93. The van der Waals surface area contributed by atoms with Gasteiger partial charge in [0.05, 0.1) is 15.7 Å². The molecule has 4 aromatic rings. The number of pyridine rings is 1. The molecule has 1 aliphatic carbocycles. The Bertz CT molecular complexity index is 1570. The summed E-state index contributed by atoms with van der Waals surface area (Å²) in [6, 6.07) is 18.3. The maximum atomic E-state index is 13.9. The second kappa shape index (κ2) is 11.5. The van der Waals surface area contributed by atoms with Gasteiger partial charge in [0.2, 0.25) is 5.91 Å². The van der Waals surface area contributed by atoms with Gasteiger partial charge in [0.25, 0.3) is 0 Å². The Morgan fingerprint density at radius 2 is 1.87 bits per heavy atom. The van der Waals surface area contributed by atoms with Gasteiger partial charge in [-0.2, -0.15) is 0 Å². The molecule has 9 heteroatoms. The maximum Gasteiger partial charge on any atom is 0.332 e. The van der Waals surface area contributed by atoms with Crippen molar-refractivity contribution in [1.29, 1.82) is 0 Å². The number of hydrogen-bond donors (Lipinski definition) is 2. The van der Waals surface area contributed by atoms with Crippen molar-refractivity contribution in [2.45, 2.75) is 17.8 Å². The van der Waals surface area contributed by atoms with Crippen LogP contribution < -0.4 is 5.32 Å². The lowest BCUT2D eigenvalue weighted by molar-refractivity contribution is -0.132. The summed E-state index contributed by atoms with van der Waals surface area (Å²) in [6.45, 7) is 0.351. The second-order valence-corrected chi connectivity index (χ2v) is 10.7. The highest BCUT2D eigenvalue weighted by Gasteiger charge is 2.43. The van der Waals surface area contributed by atoms with Gasteiger partial charge in [0.1, 0.15) is 10.4 Å². The largest absolute Gasteiger partial charge is 0.478 e. The van der Waals surface area contributed by atoms with Gasteiger partial charge in [-0.3, -0.25) is 9.78 Å². The summed E-state index contributed by atoms with van der Waals surface area (Å²) in [7, 11) is 0. The minimum absolute atomic E-state index is 0.109. The molecule has 0 saturated carbocycles. The van der Waals surface area contributed by atoms with Gasteiger partial charge in [0, 0.05) is 41.4 Å². The second-order valence-electron chi connectivity index (χ2n) is 9.06. The van der Waals surface area contributed by atoms with Crippen LogP contribution in [0.5, 0.6) is 0 Å². The monoisotopic (exact) mass is 575 g/mol. The van der Waals surface area contributed by atoms with E-state index in [0.29, 0.717) is 33.7 Å². The molecule has 0 saturated heterocycles. The quantitative estimate of drug-likeness (QED) is 0.235. The van der Waals surface area contributed by atoms with Crippen LogP contribution in [0.2, 0.25) is 10.0 Å². The minimum atomic E-state index is -1.41. The zero-order chi connectivity index (χ0) is 27.4. The number of thiazole rings is 1. The highest BCUT2D eigenvalue weighted by atomic mass is 35.5. The van der Waals surface area contributed by atoms with Crippen molar-refractivity contribution in [1.82, 2.24) is 15.3 Å². The molecular formula is C30H23Cl2N3O3S. The molecule has 1 amide bonds. The summed E-state index contributed by atoms with van der Waals surface area (Å²) in [5.41, 5.74) is 1.85. The summed E-state index contributed by atoms with van der Waals surface area (Å²) >= 11 is 13.6. The number of aromatic nitrogens is 2. The van der Waals surface area contributed by atoms with Crippen LogP contribution in [0.1, 0.15) is 22.1 Å². The van der Waals surface area contributed by atoms with E-state index >= 15 is 0 Å². The first-order chi connectivity index (χ1) is 18.9. The molecule has 2 heterocycles. The molecule has 1 aliphatic rings. The molecule has 196 valence electrons. The van der Waals surface area contributed by atoms with Crippen molar-refractivity contribution in [3.05, 3.63) is 128 Å². The van der Waals surface area contributed by atoms with Crippen molar-refractivity contribution in [2.24, 2.45) is 0 Å². The normalized spacial score (nSPS) is 18.4. The van der Waals surface area contributed by atoms with Gasteiger partial charge in [-0.05, 0) is 41.8 Å². The molecule has 0 fully saturated rings. The van der Waals surface area contributed by atoms with E-state index in [1.807, 2.05) is 47.8 Å². The number of aliphatic carboxylic acids is 1. The Labute approximate surface area is 239 Å². The fourth-order valence-electron chi connectivity index (χ4n) is 4.52. The summed E-state index contributed by atoms with van der Waals surface area (Å²) in [5, 5.41) is 16.3. The summed E-state index contributed by atoms with van der Waals surface area (Å²) in [6.07, 6.45) is 9.09. The fraction of sp³-hybridized carbons (Fsp3) is 0.133. The van der Waals surface area contributed by atoms with E-state index in [4.69, 9.17) is 28.2 Å². The Hall–Kier alpha value is -3.78. The van der Waals surface area contributed by atoms with Gasteiger partial charge in [-0.1, -0.05) is 77.8 Å². The molecule has 2 unspecified atom stereocenters. The SMILES string of the molecule is O=C(O)C1=CC(C(=O)NCCc2cccnc2)(c2nc(-c3ccc(Cl)c(Cl)c3)cs2)C=CC1c1ccccc1. The summed E-state index contributed by atoms with van der Waals surface area (Å²) in [5.74, 6) is -1.96. The molecule has 2 aromatic heterocycles. The first-order valence-corrected chi connectivity index (χ1v) is 13.8. The molecule has 0 bridgehead atoms. The number of carbonyl (C=O) groups excluding carboxylic acids is 1. The smallest absolute Gasteiger partial charge is 0.332 e. The standard InChI is InChI=1S/C30H23Cl2N3O3S/c31-24-9-8-21(15-25(24)32)26-18-39-29(35-26)30(28(38)34-14-11-19-5-4-13-33-17-19)12-10-22(23(16-30)27(36)37)20-6-2-1-3-7-20/h1-10,12-13,15-18,22H,11,14H2,(H,34,38)(H,36,37). The van der Waals surface area contributed by atoms with Gasteiger partial charge >= 0.3 is 5.97 Å². The first-order valence-electron chi connectivity index (χ1n) is 12.2. The van der Waals surface area contributed by atoms with Crippen LogP contribution in [-0.2, 0) is 21.4 Å². The third-order valence-corrected chi connectivity index (χ3v) is 8.28. The molecule has 6 nitrogen and oxygen atoms in total. The van der Waals surface area contributed by atoms with Gasteiger partial charge in [-0.25, -0.2) is 9.78 Å². The van der Waals surface area contributed by atoms with E-state index in [2.05, 4.69) is 10.3 Å². The zero-order valence-corrected chi connectivity index (χ0v) is 22.9. The number of rotatable bonds is 8. The van der Waals surface area contributed by atoms with Crippen LogP contribution in [0.25, 0.3) is 11.3 Å². The molecule has 0 aliphatic heterocycles. The number of hydrogen-bond acceptors (Lipinski definition) is 5. The molecule has 0 radical (unpaired) electrons. The number of allylic oxidation sites excluding steroid dienone is 1. The van der Waals surface area contributed by atoms with Crippen LogP contribution in [0.15, 0.2) is 102 Å². The molecule has 39 heavy (non-hydrogen) atoms. The number of carbonyl (C=O) groups is 2. The van der Waals surface area contributed by atoms with Crippen molar-refractivity contribution >= 4 is 46.4 Å². The van der Waals surface area contributed by atoms with Crippen LogP contribution in [-0.4, -0.2) is 33.5 Å². The van der Waals surface area contributed by atoms with Crippen LogP contribution in [0.3, 0.4) is 0 Å². The fourth-order valence-corrected chi connectivity index (χ4v) is 5.79. The zero-order valence-electron chi connectivity index (χ0n) is 20.6. The number of halogens is 2. The van der Waals surface area contributed by atoms with Crippen molar-refractivity contribution < 1.29 is 14.7 Å². The average molecular weight is 577 g/mol. The van der Waals surface area contributed by atoms with E-state index in [1.54, 1.807) is 42.7 Å². The average Bonchev–Trinajstić information content (AvgIpc) is 3.46. The van der Waals surface area contributed by atoms with Gasteiger partial charge in [-0.15, -0.1) is 11.3 Å². The summed E-state index contributed by atoms with van der Waals surface area (Å²) in [4.78, 5) is 35.3. The third-order valence-electron chi connectivity index (χ3n) is 6.55. The Balaban J connectivity index is 1.53. The number of carboxylic acid groups (broad SMARTS) is 1. The molecule has 2 N–H and O–H groups in total. The maximum absolute atomic E-state index is 13.9. The van der Waals surface area contributed by atoms with Crippen molar-refractivity contribution in [3.63, 3.8) is 0 Å². The van der Waals surface area contributed by atoms with Crippen LogP contribution in [0.4, 0.5) is 0 Å². The predicted octanol–water partition coefficient (Wildman–Crippen LogP) is 6.47. The lowest BCUT2D eigenvalue weighted by Gasteiger charge is -2.30. The Morgan fingerprint density at radius 3 is 2.59 bits per heavy atom. The van der Waals surface area contributed by atoms with E-state index in [0.717, 1.165) is 16.7 Å². The van der Waals surface area contributed by atoms with Gasteiger partial charge < -0.3 is 10.4 Å². The highest BCUT2D eigenvalue weighted by Crippen LogP contribution is 2.42. The van der Waals surface area contributed by atoms with E-state index in [9.17, 15) is 14.7 Å². The van der Waals surface area contributed by atoms with E-state index in [-0.39, 0.29) is 11.5 Å². The van der Waals surface area contributed by atoms with Crippen LogP contribution >= 0.6 is 34.5 Å². The van der Waals surface area contributed by atoms with Crippen molar-refractivity contribution in [2.75, 3.05) is 6.54 Å². The molecule has 0 spiro atoms. The number of carboxylic acids is 1. The van der Waals surface area contributed by atoms with E-state index < -0.39 is 17.3 Å². The van der Waals surface area contributed by atoms with Crippen molar-refractivity contribution in [3.8, 4) is 11.3 Å². The highest BCUT2D eigenvalue weighted by molar-refractivity contribution is 7.10. The van der Waals surface area contributed by atoms with Crippen LogP contribution in [0, 0.1) is 0 Å². The molecular weight excluding hydrogens is 553 g/mol. The number of nitrogens with zero attached hydrogens (tertiary/aromatic N) is 2. The summed E-state index contributed by atoms with van der Waals surface area (Å²) < 4.78 is 0. The third kappa shape index (κ3) is 5.66. The van der Waals surface area contributed by atoms with Gasteiger partial charge in [0.15, 0.2) is 0 Å². The minimum Gasteiger partial charge on any atom is -0.478 e.